The molecule has 3 nitrogen and oxygen atoms in total. The van der Waals surface area contributed by atoms with Gasteiger partial charge in [-0.15, -0.1) is 0 Å². The first-order valence-electron chi connectivity index (χ1n) is 5.79. The van der Waals surface area contributed by atoms with Crippen LogP contribution in [0.5, 0.6) is 0 Å². The quantitative estimate of drug-likeness (QED) is 0.855. The Kier molecular flexibility index (Phi) is 3.25. The zero-order chi connectivity index (χ0) is 11.5. The van der Waals surface area contributed by atoms with E-state index in [1.807, 2.05) is 17.9 Å². The minimum absolute atomic E-state index is 0.223. The molecule has 2 aromatic rings. The maximum absolute atomic E-state index is 9.76. The number of aromatic nitrogens is 2. The minimum atomic E-state index is -0.223. The summed E-state index contributed by atoms with van der Waals surface area (Å²) in [6.07, 6.45) is 4.27. The van der Waals surface area contributed by atoms with Gasteiger partial charge in [0.15, 0.2) is 0 Å². The first-order valence-corrected chi connectivity index (χ1v) is 5.79. The molecule has 3 heteroatoms. The second-order valence-corrected chi connectivity index (χ2v) is 4.31. The maximum atomic E-state index is 9.76. The summed E-state index contributed by atoms with van der Waals surface area (Å²) in [6, 6.07) is 6.25. The van der Waals surface area contributed by atoms with Gasteiger partial charge in [-0.25, -0.2) is 0 Å². The Hall–Kier alpha value is -1.35. The first-order chi connectivity index (χ1) is 7.70. The number of hydrogen-bond donors (Lipinski definition) is 1. The van der Waals surface area contributed by atoms with Gasteiger partial charge in [-0.05, 0) is 30.5 Å². The van der Waals surface area contributed by atoms with Gasteiger partial charge in [-0.2, -0.15) is 5.10 Å². The van der Waals surface area contributed by atoms with Crippen molar-refractivity contribution < 1.29 is 5.11 Å². The average Bonchev–Trinajstić information content (AvgIpc) is 2.60. The number of aliphatic hydroxyl groups excluding tert-OH is 1. The van der Waals surface area contributed by atoms with Crippen molar-refractivity contribution in [3.8, 4) is 0 Å². The third kappa shape index (κ3) is 2.25. The second-order valence-electron chi connectivity index (χ2n) is 4.31. The molecule has 0 radical (unpaired) electrons. The molecule has 1 atom stereocenters. The third-order valence-corrected chi connectivity index (χ3v) is 2.90. The molecule has 2 rings (SSSR count). The molecule has 16 heavy (non-hydrogen) atoms. The Morgan fingerprint density at radius 3 is 3.00 bits per heavy atom. The van der Waals surface area contributed by atoms with Gasteiger partial charge >= 0.3 is 0 Å². The van der Waals surface area contributed by atoms with E-state index in [2.05, 4.69) is 30.2 Å². The third-order valence-electron chi connectivity index (χ3n) is 2.90. The summed E-state index contributed by atoms with van der Waals surface area (Å²) in [5, 5.41) is 15.1. The molecule has 0 amide bonds. The Balaban J connectivity index is 2.19. The number of rotatable bonds is 4. The minimum Gasteiger partial charge on any atom is -0.393 e. The van der Waals surface area contributed by atoms with Gasteiger partial charge in [0.25, 0.3) is 0 Å². The highest BCUT2D eigenvalue weighted by atomic mass is 16.3. The monoisotopic (exact) mass is 218 g/mol. The Labute approximate surface area is 95.7 Å². The van der Waals surface area contributed by atoms with E-state index in [0.29, 0.717) is 0 Å². The van der Waals surface area contributed by atoms with Crippen LogP contribution in [0.3, 0.4) is 0 Å². The van der Waals surface area contributed by atoms with E-state index in [1.165, 1.54) is 5.56 Å². The molecule has 0 fully saturated rings. The Morgan fingerprint density at radius 1 is 1.44 bits per heavy atom. The van der Waals surface area contributed by atoms with Gasteiger partial charge in [0.05, 0.1) is 17.8 Å². The zero-order valence-electron chi connectivity index (χ0n) is 9.85. The van der Waals surface area contributed by atoms with Crippen LogP contribution in [0.4, 0.5) is 0 Å². The molecule has 0 aliphatic heterocycles. The molecule has 1 heterocycles. The molecule has 1 N–H and O–H groups in total. The number of aliphatic hydroxyl groups is 1. The predicted octanol–water partition coefficient (Wildman–Crippen LogP) is 2.28. The fraction of sp³-hybridized carbons (Fsp3) is 0.462. The van der Waals surface area contributed by atoms with Crippen molar-refractivity contribution >= 4 is 10.9 Å². The van der Waals surface area contributed by atoms with Crippen molar-refractivity contribution in [1.29, 1.82) is 0 Å². The molecule has 0 saturated heterocycles. The lowest BCUT2D eigenvalue weighted by atomic mass is 10.0. The van der Waals surface area contributed by atoms with Crippen LogP contribution in [-0.4, -0.2) is 21.0 Å². The van der Waals surface area contributed by atoms with Gasteiger partial charge in [-0.1, -0.05) is 19.4 Å². The lowest BCUT2D eigenvalue weighted by Gasteiger charge is -2.09. The van der Waals surface area contributed by atoms with E-state index in [0.717, 1.165) is 30.2 Å². The van der Waals surface area contributed by atoms with E-state index < -0.39 is 0 Å². The van der Waals surface area contributed by atoms with Gasteiger partial charge in [-0.3, -0.25) is 4.68 Å². The average molecular weight is 218 g/mol. The topological polar surface area (TPSA) is 38.1 Å². The second kappa shape index (κ2) is 4.66. The van der Waals surface area contributed by atoms with Gasteiger partial charge in [0.2, 0.25) is 0 Å². The maximum Gasteiger partial charge on any atom is 0.0679 e. The SMILES string of the molecule is CCC[C@H](O)Cc1ccc2c(cnn2C)c1. The fourth-order valence-electron chi connectivity index (χ4n) is 2.05. The molecular formula is C13H18N2O. The molecule has 0 unspecified atom stereocenters. The van der Waals surface area contributed by atoms with E-state index in [-0.39, 0.29) is 6.10 Å². The predicted molar refractivity (Wildman–Crippen MR) is 65.3 cm³/mol. The normalized spacial score (nSPS) is 13.2. The number of aryl methyl sites for hydroxylation is 1. The van der Waals surface area contributed by atoms with E-state index >= 15 is 0 Å². The zero-order valence-corrected chi connectivity index (χ0v) is 9.85. The Morgan fingerprint density at radius 2 is 2.25 bits per heavy atom. The van der Waals surface area contributed by atoms with Crippen LogP contribution in [-0.2, 0) is 13.5 Å². The molecule has 0 bridgehead atoms. The largest absolute Gasteiger partial charge is 0.393 e. The van der Waals surface area contributed by atoms with Crippen LogP contribution in [0.25, 0.3) is 10.9 Å². The molecule has 0 saturated carbocycles. The summed E-state index contributed by atoms with van der Waals surface area (Å²) in [4.78, 5) is 0. The number of benzene rings is 1. The van der Waals surface area contributed by atoms with E-state index in [4.69, 9.17) is 0 Å². The summed E-state index contributed by atoms with van der Waals surface area (Å²) in [5.74, 6) is 0. The first kappa shape index (κ1) is 11.1. The smallest absolute Gasteiger partial charge is 0.0679 e. The highest BCUT2D eigenvalue weighted by Crippen LogP contribution is 2.16. The van der Waals surface area contributed by atoms with Crippen molar-refractivity contribution in [2.45, 2.75) is 32.3 Å². The lowest BCUT2D eigenvalue weighted by molar-refractivity contribution is 0.164. The van der Waals surface area contributed by atoms with Crippen molar-refractivity contribution in [3.05, 3.63) is 30.0 Å². The fourth-order valence-corrected chi connectivity index (χ4v) is 2.05. The highest BCUT2D eigenvalue weighted by Gasteiger charge is 2.06. The summed E-state index contributed by atoms with van der Waals surface area (Å²) in [5.41, 5.74) is 2.31. The van der Waals surface area contributed by atoms with E-state index in [1.54, 1.807) is 0 Å². The summed E-state index contributed by atoms with van der Waals surface area (Å²) < 4.78 is 1.86. The molecule has 1 aromatic heterocycles. The molecule has 0 spiro atoms. The van der Waals surface area contributed by atoms with Crippen LogP contribution in [0, 0.1) is 0 Å². The van der Waals surface area contributed by atoms with Crippen LogP contribution >= 0.6 is 0 Å². The highest BCUT2D eigenvalue weighted by molar-refractivity contribution is 5.79. The summed E-state index contributed by atoms with van der Waals surface area (Å²) in [6.45, 7) is 2.09. The molecule has 86 valence electrons. The van der Waals surface area contributed by atoms with Crippen molar-refractivity contribution in [1.82, 2.24) is 9.78 Å². The Bertz CT molecular complexity index is 476. The van der Waals surface area contributed by atoms with Crippen LogP contribution in [0.15, 0.2) is 24.4 Å². The number of nitrogens with zero attached hydrogens (tertiary/aromatic N) is 2. The molecular weight excluding hydrogens is 200 g/mol. The van der Waals surface area contributed by atoms with Gasteiger partial charge in [0.1, 0.15) is 0 Å². The summed E-state index contributed by atoms with van der Waals surface area (Å²) >= 11 is 0. The van der Waals surface area contributed by atoms with Crippen LogP contribution in [0.1, 0.15) is 25.3 Å². The van der Waals surface area contributed by atoms with Gasteiger partial charge < -0.3 is 5.11 Å². The van der Waals surface area contributed by atoms with Gasteiger partial charge in [0, 0.05) is 12.4 Å². The molecule has 0 aliphatic carbocycles. The van der Waals surface area contributed by atoms with Crippen molar-refractivity contribution in [3.63, 3.8) is 0 Å². The van der Waals surface area contributed by atoms with E-state index in [9.17, 15) is 5.11 Å². The van der Waals surface area contributed by atoms with Crippen LogP contribution in [0.2, 0.25) is 0 Å². The molecule has 1 aromatic carbocycles. The number of fused-ring (bicyclic) bond motifs is 1. The summed E-state index contributed by atoms with van der Waals surface area (Å²) in [7, 11) is 1.94. The number of hydrogen-bond acceptors (Lipinski definition) is 2. The molecule has 0 aliphatic rings. The van der Waals surface area contributed by atoms with Crippen LogP contribution < -0.4 is 0 Å². The van der Waals surface area contributed by atoms with Crippen molar-refractivity contribution in [2.24, 2.45) is 7.05 Å². The van der Waals surface area contributed by atoms with Crippen molar-refractivity contribution in [2.75, 3.05) is 0 Å². The lowest BCUT2D eigenvalue weighted by Crippen LogP contribution is -2.09. The standard InChI is InChI=1S/C13H18N2O/c1-3-4-12(16)8-10-5-6-13-11(7-10)9-14-15(13)2/h5-7,9,12,16H,3-4,8H2,1-2H3/t12-/m0/s1.